The first-order chi connectivity index (χ1) is 13.9. The van der Waals surface area contributed by atoms with Crippen molar-refractivity contribution in [2.24, 2.45) is 5.92 Å². The molecule has 2 fully saturated rings. The molecule has 2 aliphatic heterocycles. The average molecular weight is 399 g/mol. The highest BCUT2D eigenvalue weighted by atomic mass is 16.5. The van der Waals surface area contributed by atoms with Gasteiger partial charge in [-0.2, -0.15) is 0 Å². The minimum atomic E-state index is -0.834. The van der Waals surface area contributed by atoms with Gasteiger partial charge >= 0.3 is 6.03 Å². The largest absolute Gasteiger partial charge is 0.493 e. The van der Waals surface area contributed by atoms with Crippen LogP contribution in [0.25, 0.3) is 0 Å². The molecule has 0 unspecified atom stereocenters. The second kappa shape index (κ2) is 7.69. The van der Waals surface area contributed by atoms with Crippen LogP contribution in [0.2, 0.25) is 0 Å². The Labute approximate surface area is 171 Å². The molecular weight excluding hydrogens is 370 g/mol. The van der Waals surface area contributed by atoms with E-state index in [2.05, 4.69) is 16.7 Å². The first-order valence-corrected chi connectivity index (χ1v) is 10.6. The zero-order valence-electron chi connectivity index (χ0n) is 17.1. The molecule has 2 N–H and O–H groups in total. The lowest BCUT2D eigenvalue weighted by atomic mass is 9.73. The summed E-state index contributed by atoms with van der Waals surface area (Å²) in [7, 11) is 0. The molecule has 3 atom stereocenters. The number of hydrogen-bond donors (Lipinski definition) is 2. The van der Waals surface area contributed by atoms with Crippen LogP contribution < -0.4 is 15.4 Å². The van der Waals surface area contributed by atoms with Gasteiger partial charge in [0.05, 0.1) is 12.6 Å². The number of benzene rings is 1. The molecule has 29 heavy (non-hydrogen) atoms. The fourth-order valence-electron chi connectivity index (χ4n) is 4.80. The number of hydrogen-bond acceptors (Lipinski definition) is 4. The van der Waals surface area contributed by atoms with Gasteiger partial charge in [0.25, 0.3) is 5.91 Å². The highest BCUT2D eigenvalue weighted by Gasteiger charge is 2.55. The lowest BCUT2D eigenvalue weighted by molar-refractivity contribution is -0.137. The molecule has 4 rings (SSSR count). The van der Waals surface area contributed by atoms with Crippen LogP contribution in [0.1, 0.15) is 63.1 Å². The quantitative estimate of drug-likeness (QED) is 0.762. The van der Waals surface area contributed by atoms with E-state index in [1.165, 1.54) is 0 Å². The summed E-state index contributed by atoms with van der Waals surface area (Å²) in [5.41, 5.74) is 1.30. The minimum Gasteiger partial charge on any atom is -0.493 e. The Morgan fingerprint density at radius 1 is 1.34 bits per heavy atom. The van der Waals surface area contributed by atoms with E-state index in [-0.39, 0.29) is 30.3 Å². The van der Waals surface area contributed by atoms with Crippen molar-refractivity contribution in [3.05, 3.63) is 29.3 Å². The van der Waals surface area contributed by atoms with Gasteiger partial charge < -0.3 is 15.4 Å². The van der Waals surface area contributed by atoms with Crippen molar-refractivity contribution in [3.63, 3.8) is 0 Å². The summed E-state index contributed by atoms with van der Waals surface area (Å²) in [6, 6.07) is 5.27. The third kappa shape index (κ3) is 3.58. The molecule has 0 radical (unpaired) electrons. The number of amides is 4. The molecule has 0 aromatic heterocycles. The SMILES string of the molecule is C[C@H](NC(=O)CN1C(=O)N[C@@]2(CCCC[C@H]2C)C1=O)c1ccc2c(c1)CCCO2. The summed E-state index contributed by atoms with van der Waals surface area (Å²) >= 11 is 0. The van der Waals surface area contributed by atoms with Crippen molar-refractivity contribution in [2.75, 3.05) is 13.2 Å². The Morgan fingerprint density at radius 3 is 2.97 bits per heavy atom. The molecule has 7 nitrogen and oxygen atoms in total. The third-order valence-corrected chi connectivity index (χ3v) is 6.61. The first kappa shape index (κ1) is 19.7. The van der Waals surface area contributed by atoms with Crippen LogP contribution in [-0.4, -0.2) is 41.4 Å². The summed E-state index contributed by atoms with van der Waals surface area (Å²) in [6.45, 7) is 4.39. The van der Waals surface area contributed by atoms with E-state index in [4.69, 9.17) is 4.74 Å². The highest BCUT2D eigenvalue weighted by molar-refractivity contribution is 6.09. The van der Waals surface area contributed by atoms with Gasteiger partial charge in [-0.1, -0.05) is 31.9 Å². The zero-order valence-corrected chi connectivity index (χ0v) is 17.1. The molecule has 156 valence electrons. The molecule has 1 saturated carbocycles. The Hall–Kier alpha value is -2.57. The van der Waals surface area contributed by atoms with Gasteiger partial charge in [-0.15, -0.1) is 0 Å². The Morgan fingerprint density at radius 2 is 2.17 bits per heavy atom. The number of rotatable bonds is 4. The molecule has 1 aromatic carbocycles. The van der Waals surface area contributed by atoms with Crippen LogP contribution in [0, 0.1) is 5.92 Å². The van der Waals surface area contributed by atoms with Crippen LogP contribution in [-0.2, 0) is 16.0 Å². The van der Waals surface area contributed by atoms with Crippen molar-refractivity contribution >= 4 is 17.8 Å². The molecule has 3 aliphatic rings. The van der Waals surface area contributed by atoms with Gasteiger partial charge in [0.1, 0.15) is 17.8 Å². The number of fused-ring (bicyclic) bond motifs is 1. The van der Waals surface area contributed by atoms with Crippen molar-refractivity contribution in [2.45, 2.75) is 64.0 Å². The Kier molecular flexibility index (Phi) is 5.23. The van der Waals surface area contributed by atoms with Crippen molar-refractivity contribution < 1.29 is 19.1 Å². The summed E-state index contributed by atoms with van der Waals surface area (Å²) in [6.07, 6.45) is 5.48. The van der Waals surface area contributed by atoms with Crippen LogP contribution in [0.5, 0.6) is 5.75 Å². The number of nitrogens with one attached hydrogen (secondary N) is 2. The van der Waals surface area contributed by atoms with E-state index >= 15 is 0 Å². The van der Waals surface area contributed by atoms with E-state index in [1.54, 1.807) is 0 Å². The van der Waals surface area contributed by atoms with Crippen LogP contribution in [0.3, 0.4) is 0 Å². The maximum atomic E-state index is 13.0. The monoisotopic (exact) mass is 399 g/mol. The summed E-state index contributed by atoms with van der Waals surface area (Å²) < 4.78 is 5.64. The molecule has 7 heteroatoms. The van der Waals surface area contributed by atoms with Crippen molar-refractivity contribution in [1.82, 2.24) is 15.5 Å². The lowest BCUT2D eigenvalue weighted by Gasteiger charge is -2.36. The van der Waals surface area contributed by atoms with Gasteiger partial charge in [0.2, 0.25) is 5.91 Å². The number of carbonyl (C=O) groups is 3. The fraction of sp³-hybridized carbons (Fsp3) is 0.591. The standard InChI is InChI=1S/C22H29N3O4/c1-14-6-3-4-10-22(14)20(27)25(21(28)24-22)13-19(26)23-15(2)16-8-9-18-17(12-16)7-5-11-29-18/h8-9,12,14-15H,3-7,10-11,13H2,1-2H3,(H,23,26)(H,24,28)/t14-,15+,22-/m1/s1. The minimum absolute atomic E-state index is 0.0809. The Bertz CT molecular complexity index is 839. The average Bonchev–Trinajstić information content (AvgIpc) is 2.94. The van der Waals surface area contributed by atoms with E-state index in [0.717, 1.165) is 60.5 Å². The highest BCUT2D eigenvalue weighted by Crippen LogP contribution is 2.38. The van der Waals surface area contributed by atoms with Crippen molar-refractivity contribution in [3.8, 4) is 5.75 Å². The molecular formula is C22H29N3O4. The second-order valence-electron chi connectivity index (χ2n) is 8.55. The van der Waals surface area contributed by atoms with Crippen molar-refractivity contribution in [1.29, 1.82) is 0 Å². The zero-order chi connectivity index (χ0) is 20.6. The second-order valence-corrected chi connectivity index (χ2v) is 8.55. The molecule has 2 heterocycles. The predicted molar refractivity (Wildman–Crippen MR) is 107 cm³/mol. The van der Waals surface area contributed by atoms with Gasteiger partial charge in [-0.3, -0.25) is 14.5 Å². The topological polar surface area (TPSA) is 87.7 Å². The maximum Gasteiger partial charge on any atom is 0.325 e. The van der Waals surface area contributed by atoms with Crippen LogP contribution in [0.4, 0.5) is 4.79 Å². The van der Waals surface area contributed by atoms with Crippen LogP contribution in [0.15, 0.2) is 18.2 Å². The number of imide groups is 1. The summed E-state index contributed by atoms with van der Waals surface area (Å²) in [5.74, 6) is 0.390. The predicted octanol–water partition coefficient (Wildman–Crippen LogP) is 2.69. The molecule has 1 saturated heterocycles. The molecule has 0 bridgehead atoms. The lowest BCUT2D eigenvalue weighted by Crippen LogP contribution is -2.54. The number of nitrogens with zero attached hydrogens (tertiary/aromatic N) is 1. The number of ether oxygens (including phenoxy) is 1. The van der Waals surface area contributed by atoms with E-state index in [1.807, 2.05) is 26.0 Å². The fourth-order valence-corrected chi connectivity index (χ4v) is 4.80. The normalized spacial score (nSPS) is 27.2. The summed E-state index contributed by atoms with van der Waals surface area (Å²) in [4.78, 5) is 39.1. The molecule has 1 aromatic rings. The molecule has 1 aliphatic carbocycles. The maximum absolute atomic E-state index is 13.0. The molecule has 1 spiro atoms. The Balaban J connectivity index is 1.40. The van der Waals surface area contributed by atoms with E-state index < -0.39 is 11.6 Å². The number of carbonyl (C=O) groups excluding carboxylic acids is 3. The van der Waals surface area contributed by atoms with E-state index in [9.17, 15) is 14.4 Å². The van der Waals surface area contributed by atoms with Gasteiger partial charge in [0, 0.05) is 0 Å². The first-order valence-electron chi connectivity index (χ1n) is 10.6. The molecule has 4 amide bonds. The summed E-state index contributed by atoms with van der Waals surface area (Å²) in [5, 5.41) is 5.81. The van der Waals surface area contributed by atoms with Gasteiger partial charge in [-0.05, 0) is 55.7 Å². The number of urea groups is 1. The smallest absolute Gasteiger partial charge is 0.325 e. The van der Waals surface area contributed by atoms with E-state index in [0.29, 0.717) is 6.42 Å². The van der Waals surface area contributed by atoms with Crippen LogP contribution >= 0.6 is 0 Å². The van der Waals surface area contributed by atoms with Gasteiger partial charge in [0.15, 0.2) is 0 Å². The van der Waals surface area contributed by atoms with Gasteiger partial charge in [-0.25, -0.2) is 4.79 Å². The third-order valence-electron chi connectivity index (χ3n) is 6.61. The number of aryl methyl sites for hydroxylation is 1.